The Morgan fingerprint density at radius 1 is 1.50 bits per heavy atom. The minimum Gasteiger partial charge on any atom is -0.389 e. The summed E-state index contributed by atoms with van der Waals surface area (Å²) in [6.45, 7) is 5.50. The molecule has 0 radical (unpaired) electrons. The molecule has 0 spiro atoms. The molecule has 1 aromatic rings. The molecule has 1 rings (SSSR count). The van der Waals surface area contributed by atoms with Gasteiger partial charge in [0.25, 0.3) is 0 Å². The van der Waals surface area contributed by atoms with Crippen LogP contribution in [0.5, 0.6) is 0 Å². The van der Waals surface area contributed by atoms with E-state index in [0.29, 0.717) is 5.56 Å². The fraction of sp³-hybridized carbons (Fsp3) is 0.417. The predicted molar refractivity (Wildman–Crippen MR) is 76.7 cm³/mol. The summed E-state index contributed by atoms with van der Waals surface area (Å²) < 4.78 is 0. The Morgan fingerprint density at radius 2 is 2.11 bits per heavy atom. The summed E-state index contributed by atoms with van der Waals surface area (Å²) in [5.41, 5.74) is 8.73. The van der Waals surface area contributed by atoms with Gasteiger partial charge in [0.05, 0.1) is 5.56 Å². The molecule has 1 heterocycles. The zero-order valence-electron chi connectivity index (χ0n) is 11.0. The van der Waals surface area contributed by atoms with Crippen LogP contribution < -0.4 is 16.4 Å². The molecule has 6 heteroatoms. The van der Waals surface area contributed by atoms with Crippen LogP contribution in [0.1, 0.15) is 23.9 Å². The Hall–Kier alpha value is -1.69. The van der Waals surface area contributed by atoms with Gasteiger partial charge >= 0.3 is 0 Å². The maximum Gasteiger partial charge on any atom is 0.241 e. The SMILES string of the molecule is CNC(=O)C(C)Nc1cc(C)nc(C)c1C(N)=S. The van der Waals surface area contributed by atoms with Crippen LogP contribution >= 0.6 is 12.2 Å². The molecule has 1 unspecified atom stereocenters. The number of anilines is 1. The maximum absolute atomic E-state index is 11.5. The topological polar surface area (TPSA) is 80.0 Å². The van der Waals surface area contributed by atoms with E-state index < -0.39 is 0 Å². The van der Waals surface area contributed by atoms with Crippen LogP contribution in [0.4, 0.5) is 5.69 Å². The third-order valence-corrected chi connectivity index (χ3v) is 2.79. The van der Waals surface area contributed by atoms with Crippen molar-refractivity contribution in [3.8, 4) is 0 Å². The van der Waals surface area contributed by atoms with E-state index in [1.807, 2.05) is 19.9 Å². The lowest BCUT2D eigenvalue weighted by Crippen LogP contribution is -2.36. The van der Waals surface area contributed by atoms with Crippen LogP contribution in [0.3, 0.4) is 0 Å². The highest BCUT2D eigenvalue weighted by Crippen LogP contribution is 2.20. The molecule has 98 valence electrons. The van der Waals surface area contributed by atoms with Gasteiger partial charge < -0.3 is 16.4 Å². The lowest BCUT2D eigenvalue weighted by Gasteiger charge is -2.18. The molecule has 1 amide bonds. The number of carbonyl (C=O) groups is 1. The second-order valence-corrected chi connectivity index (χ2v) is 4.56. The van der Waals surface area contributed by atoms with Crippen LogP contribution in [-0.4, -0.2) is 29.0 Å². The van der Waals surface area contributed by atoms with Crippen molar-refractivity contribution < 1.29 is 4.79 Å². The highest BCUT2D eigenvalue weighted by molar-refractivity contribution is 7.80. The minimum atomic E-state index is -0.371. The second kappa shape index (κ2) is 5.77. The zero-order chi connectivity index (χ0) is 13.9. The van der Waals surface area contributed by atoms with Crippen LogP contribution in [-0.2, 0) is 4.79 Å². The summed E-state index contributed by atoms with van der Waals surface area (Å²) in [7, 11) is 1.60. The number of thiocarbonyl (C=S) groups is 1. The Morgan fingerprint density at radius 3 is 2.61 bits per heavy atom. The molecule has 0 bridgehead atoms. The smallest absolute Gasteiger partial charge is 0.241 e. The maximum atomic E-state index is 11.5. The van der Waals surface area contributed by atoms with Crippen molar-refractivity contribution in [3.05, 3.63) is 23.0 Å². The quantitative estimate of drug-likeness (QED) is 0.705. The van der Waals surface area contributed by atoms with Gasteiger partial charge in [-0.3, -0.25) is 9.78 Å². The number of rotatable bonds is 4. The fourth-order valence-corrected chi connectivity index (χ4v) is 2.03. The molecule has 0 fully saturated rings. The van der Waals surface area contributed by atoms with Crippen molar-refractivity contribution in [1.82, 2.24) is 10.3 Å². The number of nitrogens with one attached hydrogen (secondary N) is 2. The summed E-state index contributed by atoms with van der Waals surface area (Å²) >= 11 is 5.02. The lowest BCUT2D eigenvalue weighted by atomic mass is 10.1. The van der Waals surface area contributed by atoms with Gasteiger partial charge in [0.1, 0.15) is 11.0 Å². The first kappa shape index (κ1) is 14.4. The molecule has 18 heavy (non-hydrogen) atoms. The number of nitrogens with two attached hydrogens (primary N) is 1. The number of nitrogens with zero attached hydrogens (tertiary/aromatic N) is 1. The number of aryl methyl sites for hydroxylation is 2. The van der Waals surface area contributed by atoms with Gasteiger partial charge in [0, 0.05) is 24.1 Å². The average Bonchev–Trinajstić information content (AvgIpc) is 2.26. The molecule has 1 atom stereocenters. The molecular weight excluding hydrogens is 248 g/mol. The van der Waals surface area contributed by atoms with Gasteiger partial charge in [-0.25, -0.2) is 0 Å². The fourth-order valence-electron chi connectivity index (χ4n) is 1.77. The first-order valence-corrected chi connectivity index (χ1v) is 6.03. The molecule has 0 aromatic carbocycles. The number of pyridine rings is 1. The number of amides is 1. The number of carbonyl (C=O) groups excluding carboxylic acids is 1. The van der Waals surface area contributed by atoms with Crippen molar-refractivity contribution in [2.24, 2.45) is 5.73 Å². The van der Waals surface area contributed by atoms with Crippen LogP contribution in [0.25, 0.3) is 0 Å². The minimum absolute atomic E-state index is 0.101. The van der Waals surface area contributed by atoms with E-state index in [1.165, 1.54) is 0 Å². The summed E-state index contributed by atoms with van der Waals surface area (Å²) in [5, 5.41) is 5.69. The molecule has 0 aliphatic carbocycles. The summed E-state index contributed by atoms with van der Waals surface area (Å²) in [5.74, 6) is -0.101. The van der Waals surface area contributed by atoms with Crippen molar-refractivity contribution in [2.45, 2.75) is 26.8 Å². The average molecular weight is 266 g/mol. The molecule has 5 nitrogen and oxygen atoms in total. The molecule has 0 aliphatic heterocycles. The Kier molecular flexibility index (Phi) is 4.61. The van der Waals surface area contributed by atoms with Gasteiger partial charge in [-0.05, 0) is 26.8 Å². The molecule has 0 saturated carbocycles. The second-order valence-electron chi connectivity index (χ2n) is 4.12. The van der Waals surface area contributed by atoms with E-state index in [2.05, 4.69) is 15.6 Å². The van der Waals surface area contributed by atoms with Crippen LogP contribution in [0, 0.1) is 13.8 Å². The van der Waals surface area contributed by atoms with E-state index >= 15 is 0 Å². The van der Waals surface area contributed by atoms with Crippen molar-refractivity contribution in [2.75, 3.05) is 12.4 Å². The van der Waals surface area contributed by atoms with E-state index in [1.54, 1.807) is 14.0 Å². The first-order valence-electron chi connectivity index (χ1n) is 5.63. The van der Waals surface area contributed by atoms with Crippen molar-refractivity contribution in [3.63, 3.8) is 0 Å². The van der Waals surface area contributed by atoms with E-state index in [9.17, 15) is 4.79 Å². The molecule has 4 N–H and O–H groups in total. The lowest BCUT2D eigenvalue weighted by molar-refractivity contribution is -0.121. The van der Waals surface area contributed by atoms with Crippen molar-refractivity contribution >= 4 is 28.8 Å². The zero-order valence-corrected chi connectivity index (χ0v) is 11.8. The standard InChI is InChI=1S/C12H18N4OS/c1-6-5-9(16-8(3)12(17)14-4)10(11(13)18)7(2)15-6/h5,8H,1-4H3,(H2,13,18)(H,14,17)(H,15,16). The Bertz CT molecular complexity index is 487. The van der Waals surface area contributed by atoms with Crippen LogP contribution in [0.15, 0.2) is 6.07 Å². The molecule has 1 aromatic heterocycles. The van der Waals surface area contributed by atoms with Gasteiger partial charge in [0.15, 0.2) is 0 Å². The Balaban J connectivity index is 3.15. The normalized spacial score (nSPS) is 11.8. The number of likely N-dealkylation sites (N-methyl/N-ethyl adjacent to an activating group) is 1. The third kappa shape index (κ3) is 3.16. The molecule has 0 aliphatic rings. The highest BCUT2D eigenvalue weighted by atomic mass is 32.1. The number of hydrogen-bond acceptors (Lipinski definition) is 4. The largest absolute Gasteiger partial charge is 0.389 e. The van der Waals surface area contributed by atoms with E-state index in [0.717, 1.165) is 17.1 Å². The predicted octanol–water partition coefficient (Wildman–Crippen LogP) is 0.879. The van der Waals surface area contributed by atoms with E-state index in [4.69, 9.17) is 18.0 Å². The summed E-state index contributed by atoms with van der Waals surface area (Å²) in [6.07, 6.45) is 0. The summed E-state index contributed by atoms with van der Waals surface area (Å²) in [4.78, 5) is 16.1. The highest BCUT2D eigenvalue weighted by Gasteiger charge is 2.16. The molecular formula is C12H18N4OS. The Labute approximate surface area is 112 Å². The third-order valence-electron chi connectivity index (χ3n) is 2.59. The van der Waals surface area contributed by atoms with Crippen LogP contribution in [0.2, 0.25) is 0 Å². The summed E-state index contributed by atoms with van der Waals surface area (Å²) in [6, 6.07) is 1.46. The van der Waals surface area contributed by atoms with E-state index in [-0.39, 0.29) is 16.9 Å². The van der Waals surface area contributed by atoms with Gasteiger partial charge in [-0.2, -0.15) is 0 Å². The first-order chi connectivity index (χ1) is 8.36. The van der Waals surface area contributed by atoms with Gasteiger partial charge in [-0.1, -0.05) is 12.2 Å². The molecule has 0 saturated heterocycles. The monoisotopic (exact) mass is 266 g/mol. The van der Waals surface area contributed by atoms with Crippen molar-refractivity contribution in [1.29, 1.82) is 0 Å². The van der Waals surface area contributed by atoms with Gasteiger partial charge in [-0.15, -0.1) is 0 Å². The number of aromatic nitrogens is 1. The number of hydrogen-bond donors (Lipinski definition) is 3. The van der Waals surface area contributed by atoms with Gasteiger partial charge in [0.2, 0.25) is 5.91 Å².